The van der Waals surface area contributed by atoms with Crippen LogP contribution in [-0.2, 0) is 5.41 Å². The van der Waals surface area contributed by atoms with Crippen LogP contribution < -0.4 is 4.90 Å². The normalized spacial score (nSPS) is 15.1. The first kappa shape index (κ1) is 25.9. The minimum atomic E-state index is -0.465. The summed E-state index contributed by atoms with van der Waals surface area (Å²) in [5.41, 5.74) is 12.1. The van der Waals surface area contributed by atoms with Crippen molar-refractivity contribution >= 4 is 44.6 Å². The van der Waals surface area contributed by atoms with Gasteiger partial charge in [0.2, 0.25) is 0 Å². The lowest BCUT2D eigenvalue weighted by atomic mass is 9.62. The highest BCUT2D eigenvalue weighted by Crippen LogP contribution is 2.57. The summed E-state index contributed by atoms with van der Waals surface area (Å²) >= 11 is 0. The average molecular weight is 577 g/mol. The van der Waals surface area contributed by atoms with Gasteiger partial charge in [-0.25, -0.2) is 0 Å². The highest BCUT2D eigenvalue weighted by Gasteiger charge is 2.46. The standard InChI is InChI=1S/C43H32N2/c1-4-16-31(17-5-1)43(32-18-6-2-7-19-32)37-23-11-14-26-41(37)45(42-27-15-12-24-38(42)43)34-28-29-40-36(30-34)35-22-10-13-25-39(35)44(40)33-20-8-3-9-21-33/h1-8,10-20,22-30H,9,21H2. The predicted octanol–water partition coefficient (Wildman–Crippen LogP) is 11.2. The molecule has 0 saturated heterocycles. The molecule has 0 fully saturated rings. The number of anilines is 3. The maximum atomic E-state index is 2.48. The van der Waals surface area contributed by atoms with Gasteiger partial charge >= 0.3 is 0 Å². The van der Waals surface area contributed by atoms with E-state index in [1.807, 2.05) is 0 Å². The summed E-state index contributed by atoms with van der Waals surface area (Å²) in [5.74, 6) is 0. The van der Waals surface area contributed by atoms with Gasteiger partial charge in [0.15, 0.2) is 0 Å². The van der Waals surface area contributed by atoms with Crippen LogP contribution in [0.15, 0.2) is 170 Å². The Bertz CT molecular complexity index is 2180. The highest BCUT2D eigenvalue weighted by molar-refractivity contribution is 6.11. The minimum absolute atomic E-state index is 0.465. The van der Waals surface area contributed by atoms with Crippen molar-refractivity contribution in [1.29, 1.82) is 0 Å². The maximum absolute atomic E-state index is 2.48. The summed E-state index contributed by atoms with van der Waals surface area (Å²) in [6.45, 7) is 0. The molecule has 45 heavy (non-hydrogen) atoms. The molecular formula is C43H32N2. The molecule has 0 amide bonds. The van der Waals surface area contributed by atoms with Crippen LogP contribution in [0.4, 0.5) is 17.1 Å². The molecule has 2 heteroatoms. The molecular weight excluding hydrogens is 544 g/mol. The Morgan fingerprint density at radius 3 is 1.73 bits per heavy atom. The van der Waals surface area contributed by atoms with E-state index in [4.69, 9.17) is 0 Å². The van der Waals surface area contributed by atoms with Crippen molar-refractivity contribution in [1.82, 2.24) is 4.57 Å². The molecule has 1 aromatic heterocycles. The van der Waals surface area contributed by atoms with E-state index in [-0.39, 0.29) is 0 Å². The summed E-state index contributed by atoms with van der Waals surface area (Å²) in [4.78, 5) is 2.48. The molecule has 0 unspecified atom stereocenters. The van der Waals surface area contributed by atoms with Gasteiger partial charge in [0.1, 0.15) is 0 Å². The van der Waals surface area contributed by atoms with E-state index in [0.29, 0.717) is 0 Å². The lowest BCUT2D eigenvalue weighted by molar-refractivity contribution is 0.731. The van der Waals surface area contributed by atoms with Crippen LogP contribution in [-0.4, -0.2) is 4.57 Å². The second kappa shape index (κ2) is 10.2. The highest BCUT2D eigenvalue weighted by atomic mass is 15.2. The van der Waals surface area contributed by atoms with Crippen molar-refractivity contribution in [3.05, 3.63) is 192 Å². The van der Waals surface area contributed by atoms with Crippen LogP contribution in [0.5, 0.6) is 0 Å². The van der Waals surface area contributed by atoms with Gasteiger partial charge in [-0.15, -0.1) is 0 Å². The average Bonchev–Trinajstić information content (AvgIpc) is 3.45. The molecule has 2 heterocycles. The molecule has 0 N–H and O–H groups in total. The van der Waals surface area contributed by atoms with E-state index in [1.54, 1.807) is 0 Å². The third-order valence-electron chi connectivity index (χ3n) is 9.70. The number of aromatic nitrogens is 1. The molecule has 214 valence electrons. The van der Waals surface area contributed by atoms with Crippen molar-refractivity contribution in [2.75, 3.05) is 4.90 Å². The monoisotopic (exact) mass is 576 g/mol. The van der Waals surface area contributed by atoms with Crippen molar-refractivity contribution in [2.24, 2.45) is 0 Å². The first-order chi connectivity index (χ1) is 22.4. The quantitative estimate of drug-likeness (QED) is 0.202. The van der Waals surface area contributed by atoms with Crippen molar-refractivity contribution in [3.63, 3.8) is 0 Å². The Balaban J connectivity index is 1.34. The molecule has 7 aromatic rings. The van der Waals surface area contributed by atoms with E-state index in [0.717, 1.165) is 18.5 Å². The Morgan fingerprint density at radius 1 is 0.511 bits per heavy atom. The molecule has 0 saturated carbocycles. The van der Waals surface area contributed by atoms with E-state index in [2.05, 4.69) is 179 Å². The number of benzene rings is 6. The van der Waals surface area contributed by atoms with Crippen LogP contribution in [0.1, 0.15) is 35.1 Å². The number of hydrogen-bond acceptors (Lipinski definition) is 1. The van der Waals surface area contributed by atoms with Gasteiger partial charge in [0.25, 0.3) is 0 Å². The zero-order chi connectivity index (χ0) is 29.8. The molecule has 0 bridgehead atoms. The van der Waals surface area contributed by atoms with Crippen molar-refractivity contribution in [3.8, 4) is 0 Å². The van der Waals surface area contributed by atoms with E-state index >= 15 is 0 Å². The molecule has 6 aromatic carbocycles. The van der Waals surface area contributed by atoms with Crippen LogP contribution in [0.25, 0.3) is 27.5 Å². The van der Waals surface area contributed by atoms with Gasteiger partial charge in [-0.2, -0.15) is 0 Å². The fourth-order valence-electron chi connectivity index (χ4n) is 7.88. The third kappa shape index (κ3) is 3.76. The Hall–Kier alpha value is -5.60. The molecule has 1 aliphatic carbocycles. The van der Waals surface area contributed by atoms with Gasteiger partial charge in [-0.3, -0.25) is 0 Å². The number of hydrogen-bond donors (Lipinski definition) is 0. The lowest BCUT2D eigenvalue weighted by Gasteiger charge is -2.46. The van der Waals surface area contributed by atoms with Crippen LogP contribution >= 0.6 is 0 Å². The lowest BCUT2D eigenvalue weighted by Crippen LogP contribution is -2.37. The summed E-state index contributed by atoms with van der Waals surface area (Å²) in [6, 6.07) is 55.9. The number of fused-ring (bicyclic) bond motifs is 5. The zero-order valence-electron chi connectivity index (χ0n) is 25.0. The van der Waals surface area contributed by atoms with Gasteiger partial charge in [0.05, 0.1) is 27.8 Å². The van der Waals surface area contributed by atoms with Gasteiger partial charge in [-0.05, 0) is 77.6 Å². The van der Waals surface area contributed by atoms with Gasteiger partial charge < -0.3 is 9.47 Å². The summed E-state index contributed by atoms with van der Waals surface area (Å²) in [7, 11) is 0. The first-order valence-electron chi connectivity index (χ1n) is 15.9. The zero-order valence-corrected chi connectivity index (χ0v) is 25.0. The second-order valence-corrected chi connectivity index (χ2v) is 12.0. The Morgan fingerprint density at radius 2 is 1.09 bits per heavy atom. The van der Waals surface area contributed by atoms with Crippen molar-refractivity contribution < 1.29 is 0 Å². The molecule has 9 rings (SSSR count). The van der Waals surface area contributed by atoms with Crippen molar-refractivity contribution in [2.45, 2.75) is 18.3 Å². The topological polar surface area (TPSA) is 8.17 Å². The van der Waals surface area contributed by atoms with E-state index < -0.39 is 5.41 Å². The van der Waals surface area contributed by atoms with E-state index in [1.165, 1.54) is 61.1 Å². The van der Waals surface area contributed by atoms with E-state index in [9.17, 15) is 0 Å². The van der Waals surface area contributed by atoms with Gasteiger partial charge in [0, 0.05) is 22.2 Å². The Kier molecular flexibility index (Phi) is 5.89. The molecule has 0 atom stereocenters. The Labute approximate surface area is 263 Å². The van der Waals surface area contributed by atoms with Gasteiger partial charge in [-0.1, -0.05) is 127 Å². The molecule has 2 nitrogen and oxygen atoms in total. The number of allylic oxidation sites excluding steroid dienone is 4. The predicted molar refractivity (Wildman–Crippen MR) is 189 cm³/mol. The SMILES string of the molecule is C1=CCCC(n2c3ccccc3c3cc(N4c5ccccc5C(c5ccccc5)(c5ccccc5)c5ccccc54)ccc32)=C1. The smallest absolute Gasteiger partial charge is 0.0742 e. The maximum Gasteiger partial charge on any atom is 0.0742 e. The molecule has 2 aliphatic rings. The number of nitrogens with zero attached hydrogens (tertiary/aromatic N) is 2. The fourth-order valence-corrected chi connectivity index (χ4v) is 7.88. The summed E-state index contributed by atoms with van der Waals surface area (Å²) in [6.07, 6.45) is 8.84. The molecule has 0 radical (unpaired) electrons. The summed E-state index contributed by atoms with van der Waals surface area (Å²) in [5, 5.41) is 2.56. The second-order valence-electron chi connectivity index (χ2n) is 12.0. The molecule has 0 spiro atoms. The van der Waals surface area contributed by atoms with Crippen LogP contribution in [0, 0.1) is 0 Å². The number of rotatable bonds is 4. The third-order valence-corrected chi connectivity index (χ3v) is 9.70. The fraction of sp³-hybridized carbons (Fsp3) is 0.0698. The largest absolute Gasteiger partial charge is 0.313 e. The van der Waals surface area contributed by atoms with Crippen LogP contribution in [0.2, 0.25) is 0 Å². The minimum Gasteiger partial charge on any atom is -0.313 e. The summed E-state index contributed by atoms with van der Waals surface area (Å²) < 4.78 is 2.46. The number of para-hydroxylation sites is 3. The molecule has 1 aliphatic heterocycles. The first-order valence-corrected chi connectivity index (χ1v) is 15.9. The van der Waals surface area contributed by atoms with Crippen LogP contribution in [0.3, 0.4) is 0 Å².